The van der Waals surface area contributed by atoms with Crippen LogP contribution in [0.4, 0.5) is 0 Å². The van der Waals surface area contributed by atoms with Crippen LogP contribution < -0.4 is 10.6 Å². The summed E-state index contributed by atoms with van der Waals surface area (Å²) in [6.45, 7) is 4.04. The second-order valence-electron chi connectivity index (χ2n) is 6.07. The topological polar surface area (TPSA) is 20.2 Å². The third-order valence-electron chi connectivity index (χ3n) is 4.22. The van der Waals surface area contributed by atoms with Gasteiger partial charge in [0, 0.05) is 0 Å². The molecule has 0 saturated heterocycles. The summed E-state index contributed by atoms with van der Waals surface area (Å²) in [4.78, 5) is 0. The van der Waals surface area contributed by atoms with Crippen molar-refractivity contribution in [3.8, 4) is 0 Å². The van der Waals surface area contributed by atoms with E-state index < -0.39 is 14.0 Å². The summed E-state index contributed by atoms with van der Waals surface area (Å²) in [5.74, 6) is 0. The van der Waals surface area contributed by atoms with Gasteiger partial charge in [-0.3, -0.25) is 0 Å². The Morgan fingerprint density at radius 1 is 0.808 bits per heavy atom. The molecule has 26 heavy (non-hydrogen) atoms. The number of hydrogen-bond donors (Lipinski definition) is 1. The van der Waals surface area contributed by atoms with Crippen molar-refractivity contribution >= 4 is 18.5 Å². The number of benzene rings is 3. The SMILES string of the molecule is C=C(/C=C/CP(c1ccccc1)c1ccccc1)C(O)c1ccccc1. The van der Waals surface area contributed by atoms with E-state index in [9.17, 15) is 5.11 Å². The molecule has 0 aromatic heterocycles. The Kier molecular flexibility index (Phi) is 6.55. The molecule has 0 amide bonds. The van der Waals surface area contributed by atoms with Crippen molar-refractivity contribution in [2.75, 3.05) is 6.16 Å². The first-order valence-corrected chi connectivity index (χ1v) is 10.2. The third kappa shape index (κ3) is 4.79. The van der Waals surface area contributed by atoms with Gasteiger partial charge in [0.15, 0.2) is 0 Å². The summed E-state index contributed by atoms with van der Waals surface area (Å²) in [6, 6.07) is 30.9. The van der Waals surface area contributed by atoms with Gasteiger partial charge >= 0.3 is 0 Å². The summed E-state index contributed by atoms with van der Waals surface area (Å²) in [6.07, 6.45) is 4.36. The van der Waals surface area contributed by atoms with E-state index >= 15 is 0 Å². The van der Waals surface area contributed by atoms with E-state index in [2.05, 4.69) is 73.3 Å². The molecule has 0 aliphatic carbocycles. The summed E-state index contributed by atoms with van der Waals surface area (Å²) in [5.41, 5.74) is 1.59. The van der Waals surface area contributed by atoms with Crippen molar-refractivity contribution in [3.63, 3.8) is 0 Å². The second kappa shape index (κ2) is 9.29. The minimum Gasteiger partial charge on any atom is -0.384 e. The van der Waals surface area contributed by atoms with Crippen LogP contribution in [-0.2, 0) is 0 Å². The van der Waals surface area contributed by atoms with Crippen molar-refractivity contribution in [2.24, 2.45) is 0 Å². The Morgan fingerprint density at radius 3 is 1.77 bits per heavy atom. The van der Waals surface area contributed by atoms with Gasteiger partial charge in [-0.15, -0.1) is 0 Å². The van der Waals surface area contributed by atoms with Gasteiger partial charge in [0.05, 0.1) is 0 Å². The molecule has 1 unspecified atom stereocenters. The van der Waals surface area contributed by atoms with E-state index in [-0.39, 0.29) is 0 Å². The van der Waals surface area contributed by atoms with Crippen molar-refractivity contribution < 1.29 is 5.11 Å². The van der Waals surface area contributed by atoms with E-state index in [0.29, 0.717) is 5.57 Å². The van der Waals surface area contributed by atoms with Gasteiger partial charge in [-0.1, -0.05) is 110 Å². The maximum atomic E-state index is 10.4. The van der Waals surface area contributed by atoms with Crippen molar-refractivity contribution in [3.05, 3.63) is 121 Å². The molecular weight excluding hydrogens is 335 g/mol. The minimum absolute atomic E-state index is 0.465. The minimum atomic E-state index is -0.660. The van der Waals surface area contributed by atoms with Crippen molar-refractivity contribution in [1.82, 2.24) is 0 Å². The highest BCUT2D eigenvalue weighted by Crippen LogP contribution is 2.33. The largest absolute Gasteiger partial charge is 0.384 e. The molecule has 2 heteroatoms. The molecule has 0 aliphatic heterocycles. The molecule has 0 heterocycles. The average Bonchev–Trinajstić information content (AvgIpc) is 2.72. The number of hydrogen-bond acceptors (Lipinski definition) is 1. The number of aliphatic hydroxyl groups excluding tert-OH is 1. The monoisotopic (exact) mass is 358 g/mol. The van der Waals surface area contributed by atoms with Gasteiger partial charge in [-0.2, -0.15) is 0 Å². The molecule has 0 spiro atoms. The summed E-state index contributed by atoms with van der Waals surface area (Å²) in [7, 11) is -0.465. The molecule has 0 bridgehead atoms. The lowest BCUT2D eigenvalue weighted by Crippen LogP contribution is -2.13. The molecule has 3 aromatic carbocycles. The molecule has 3 aromatic rings. The highest BCUT2D eigenvalue weighted by atomic mass is 31.1. The van der Waals surface area contributed by atoms with Crippen molar-refractivity contribution in [1.29, 1.82) is 0 Å². The Morgan fingerprint density at radius 2 is 1.27 bits per heavy atom. The lowest BCUT2D eigenvalue weighted by atomic mass is 10.0. The smallest absolute Gasteiger partial charge is 0.103 e. The Labute approximate surface area is 157 Å². The quantitative estimate of drug-likeness (QED) is 0.467. The normalized spacial score (nSPS) is 12.4. The Balaban J connectivity index is 1.74. The van der Waals surface area contributed by atoms with E-state index in [1.54, 1.807) is 0 Å². The molecule has 0 fully saturated rings. The number of allylic oxidation sites excluding steroid dienone is 1. The fourth-order valence-corrected chi connectivity index (χ4v) is 4.93. The molecule has 0 saturated carbocycles. The van der Waals surface area contributed by atoms with E-state index in [4.69, 9.17) is 0 Å². The number of rotatable bonds is 7. The van der Waals surface area contributed by atoms with Gasteiger partial charge in [0.25, 0.3) is 0 Å². The molecule has 3 rings (SSSR count). The van der Waals surface area contributed by atoms with Gasteiger partial charge in [-0.05, 0) is 35.8 Å². The fraction of sp³-hybridized carbons (Fsp3) is 0.0833. The zero-order valence-corrected chi connectivity index (χ0v) is 15.6. The highest BCUT2D eigenvalue weighted by Gasteiger charge is 2.12. The zero-order chi connectivity index (χ0) is 18.2. The molecule has 0 aliphatic rings. The van der Waals surface area contributed by atoms with Gasteiger partial charge < -0.3 is 5.11 Å². The lowest BCUT2D eigenvalue weighted by Gasteiger charge is -2.17. The maximum Gasteiger partial charge on any atom is 0.103 e. The Bertz CT molecular complexity index is 802. The summed E-state index contributed by atoms with van der Waals surface area (Å²) >= 11 is 0. The van der Waals surface area contributed by atoms with Crippen molar-refractivity contribution in [2.45, 2.75) is 6.10 Å². The molecule has 1 N–H and O–H groups in total. The first-order chi connectivity index (χ1) is 12.8. The van der Waals surface area contributed by atoms with Gasteiger partial charge in [-0.25, -0.2) is 0 Å². The summed E-state index contributed by atoms with van der Waals surface area (Å²) in [5, 5.41) is 13.2. The highest BCUT2D eigenvalue weighted by molar-refractivity contribution is 7.73. The van der Waals surface area contributed by atoms with E-state index in [1.807, 2.05) is 36.4 Å². The number of aliphatic hydroxyl groups is 1. The van der Waals surface area contributed by atoms with Crippen LogP contribution in [0, 0.1) is 0 Å². The van der Waals surface area contributed by atoms with Crippen LogP contribution in [0.1, 0.15) is 11.7 Å². The molecule has 130 valence electrons. The van der Waals surface area contributed by atoms with E-state index in [1.165, 1.54) is 10.6 Å². The standard InChI is InChI=1S/C24H23OP/c1-20(24(25)21-13-5-2-6-14-21)12-11-19-26(22-15-7-3-8-16-22)23-17-9-4-10-18-23/h2-18,24-25H,1,19H2/b12-11+. The first-order valence-electron chi connectivity index (χ1n) is 8.71. The predicted octanol–water partition coefficient (Wildman–Crippen LogP) is 4.97. The van der Waals surface area contributed by atoms with Crippen LogP contribution >= 0.6 is 7.92 Å². The third-order valence-corrected chi connectivity index (χ3v) is 6.64. The van der Waals surface area contributed by atoms with Crippen LogP contribution in [-0.4, -0.2) is 11.3 Å². The molecule has 1 atom stereocenters. The zero-order valence-electron chi connectivity index (χ0n) is 14.7. The second-order valence-corrected chi connectivity index (χ2v) is 8.33. The fourth-order valence-electron chi connectivity index (χ4n) is 2.83. The molecule has 0 radical (unpaired) electrons. The van der Waals surface area contributed by atoms with Crippen LogP contribution in [0.3, 0.4) is 0 Å². The van der Waals surface area contributed by atoms with E-state index in [0.717, 1.165) is 11.7 Å². The molecule has 1 nitrogen and oxygen atoms in total. The summed E-state index contributed by atoms with van der Waals surface area (Å²) < 4.78 is 0. The average molecular weight is 358 g/mol. The van der Waals surface area contributed by atoms with Gasteiger partial charge in [0.2, 0.25) is 0 Å². The van der Waals surface area contributed by atoms with Crippen LogP contribution in [0.2, 0.25) is 0 Å². The van der Waals surface area contributed by atoms with Crippen LogP contribution in [0.25, 0.3) is 0 Å². The predicted molar refractivity (Wildman–Crippen MR) is 114 cm³/mol. The van der Waals surface area contributed by atoms with Crippen LogP contribution in [0.5, 0.6) is 0 Å². The van der Waals surface area contributed by atoms with Crippen LogP contribution in [0.15, 0.2) is 115 Å². The Hall–Kier alpha value is -2.47. The van der Waals surface area contributed by atoms with Gasteiger partial charge in [0.1, 0.15) is 6.10 Å². The molecular formula is C24H23OP. The maximum absolute atomic E-state index is 10.4. The lowest BCUT2D eigenvalue weighted by molar-refractivity contribution is 0.220. The first kappa shape index (κ1) is 18.3.